The minimum absolute atomic E-state index is 0.670. The quantitative estimate of drug-likeness (QED) is 0.494. The molecule has 0 atom stereocenters. The minimum Gasteiger partial charge on any atom is -0.378 e. The summed E-state index contributed by atoms with van der Waals surface area (Å²) in [6.45, 7) is 5.99. The van der Waals surface area contributed by atoms with Gasteiger partial charge in [-0.05, 0) is 6.07 Å². The Kier molecular flexibility index (Phi) is 5.45. The third-order valence-corrected chi connectivity index (χ3v) is 5.33. The summed E-state index contributed by atoms with van der Waals surface area (Å²) < 4.78 is 11.0. The molecular formula is C21H25N7O2. The smallest absolute Gasteiger partial charge is 0.229 e. The molecule has 2 saturated heterocycles. The molecule has 0 unspecified atom stereocenters. The molecule has 30 heavy (non-hydrogen) atoms. The van der Waals surface area contributed by atoms with E-state index in [0.717, 1.165) is 48.5 Å². The first-order valence-corrected chi connectivity index (χ1v) is 10.3. The van der Waals surface area contributed by atoms with Gasteiger partial charge in [0.2, 0.25) is 5.95 Å². The Morgan fingerprint density at radius 1 is 0.967 bits per heavy atom. The van der Waals surface area contributed by atoms with E-state index in [1.54, 1.807) is 0 Å². The van der Waals surface area contributed by atoms with Crippen molar-refractivity contribution < 1.29 is 9.47 Å². The molecule has 0 amide bonds. The number of morpholine rings is 2. The van der Waals surface area contributed by atoms with Gasteiger partial charge in [-0.15, -0.1) is 0 Å². The van der Waals surface area contributed by atoms with Gasteiger partial charge < -0.3 is 24.3 Å². The van der Waals surface area contributed by atoms with Crippen molar-refractivity contribution in [3.63, 3.8) is 0 Å². The van der Waals surface area contributed by atoms with Crippen LogP contribution in [-0.2, 0) is 9.47 Å². The second kappa shape index (κ2) is 8.68. The van der Waals surface area contributed by atoms with Crippen LogP contribution >= 0.6 is 0 Å². The van der Waals surface area contributed by atoms with Gasteiger partial charge >= 0.3 is 0 Å². The zero-order valence-corrected chi connectivity index (χ0v) is 16.8. The number of anilines is 3. The van der Waals surface area contributed by atoms with Crippen molar-refractivity contribution in [2.24, 2.45) is 5.10 Å². The highest BCUT2D eigenvalue weighted by Gasteiger charge is 2.19. The summed E-state index contributed by atoms with van der Waals surface area (Å²) in [4.78, 5) is 17.2. The number of hydrogen-bond donors (Lipinski definition) is 2. The first-order chi connectivity index (χ1) is 14.9. The number of fused-ring (bicyclic) bond motifs is 1. The largest absolute Gasteiger partial charge is 0.378 e. The summed E-state index contributed by atoms with van der Waals surface area (Å²) in [6, 6.07) is 10.1. The number of hydrogen-bond acceptors (Lipinski definition) is 8. The van der Waals surface area contributed by atoms with Gasteiger partial charge in [0.15, 0.2) is 5.82 Å². The maximum atomic E-state index is 5.49. The molecule has 2 N–H and O–H groups in total. The number of nitrogens with one attached hydrogen (secondary N) is 2. The number of rotatable bonds is 5. The summed E-state index contributed by atoms with van der Waals surface area (Å²) in [5.41, 5.74) is 5.21. The number of aromatic nitrogens is 3. The van der Waals surface area contributed by atoms with Crippen LogP contribution in [0.25, 0.3) is 10.9 Å². The number of nitrogens with zero attached hydrogens (tertiary/aromatic N) is 5. The molecule has 1 aromatic carbocycles. The van der Waals surface area contributed by atoms with Gasteiger partial charge in [-0.3, -0.25) is 5.43 Å². The maximum Gasteiger partial charge on any atom is 0.229 e. The average Bonchev–Trinajstić information content (AvgIpc) is 3.23. The number of hydrazone groups is 1. The summed E-state index contributed by atoms with van der Waals surface area (Å²) in [6.07, 6.45) is 3.76. The molecule has 0 aliphatic carbocycles. The van der Waals surface area contributed by atoms with Crippen molar-refractivity contribution in [3.05, 3.63) is 42.1 Å². The lowest BCUT2D eigenvalue weighted by Gasteiger charge is -2.31. The van der Waals surface area contributed by atoms with Crippen LogP contribution < -0.4 is 15.2 Å². The molecule has 9 heteroatoms. The maximum absolute atomic E-state index is 5.49. The molecule has 156 valence electrons. The molecule has 9 nitrogen and oxygen atoms in total. The molecule has 2 fully saturated rings. The molecule has 2 aliphatic rings. The summed E-state index contributed by atoms with van der Waals surface area (Å²) in [7, 11) is 0. The number of H-pyrrole nitrogens is 1. The van der Waals surface area contributed by atoms with Crippen molar-refractivity contribution in [1.29, 1.82) is 0 Å². The van der Waals surface area contributed by atoms with E-state index in [1.807, 2.05) is 36.7 Å². The van der Waals surface area contributed by atoms with Crippen LogP contribution in [0.2, 0.25) is 0 Å². The van der Waals surface area contributed by atoms with Crippen molar-refractivity contribution in [2.75, 3.05) is 67.8 Å². The van der Waals surface area contributed by atoms with Crippen molar-refractivity contribution in [2.45, 2.75) is 0 Å². The van der Waals surface area contributed by atoms with Gasteiger partial charge in [-0.25, -0.2) is 0 Å². The molecule has 2 aromatic heterocycles. The van der Waals surface area contributed by atoms with Crippen LogP contribution in [0.1, 0.15) is 5.56 Å². The van der Waals surface area contributed by atoms with Gasteiger partial charge in [0.25, 0.3) is 0 Å². The highest BCUT2D eigenvalue weighted by atomic mass is 16.5. The Balaban J connectivity index is 1.39. The van der Waals surface area contributed by atoms with Crippen LogP contribution in [0.3, 0.4) is 0 Å². The normalized spacial score (nSPS) is 17.7. The number of ether oxygens (including phenoxy) is 2. The fraction of sp³-hybridized carbons (Fsp3) is 0.381. The zero-order chi connectivity index (χ0) is 20.2. The molecule has 0 bridgehead atoms. The molecule has 4 heterocycles. The summed E-state index contributed by atoms with van der Waals surface area (Å²) in [5, 5.41) is 5.57. The molecular weight excluding hydrogens is 382 g/mol. The SMILES string of the molecule is C(=NNc1cc(N2CCOCC2)nc(N2CCOCC2)n1)c1c[nH]c2ccccc12. The lowest BCUT2D eigenvalue weighted by Crippen LogP contribution is -2.39. The van der Waals surface area contributed by atoms with E-state index in [2.05, 4.69) is 31.4 Å². The van der Waals surface area contributed by atoms with Gasteiger partial charge in [-0.1, -0.05) is 18.2 Å². The average molecular weight is 407 g/mol. The molecule has 0 radical (unpaired) electrons. The van der Waals surface area contributed by atoms with E-state index in [9.17, 15) is 0 Å². The Morgan fingerprint density at radius 2 is 1.70 bits per heavy atom. The molecule has 2 aliphatic heterocycles. The second-order valence-electron chi connectivity index (χ2n) is 7.27. The highest BCUT2D eigenvalue weighted by molar-refractivity contribution is 5.99. The standard InChI is InChI=1S/C21H25N7O2/c1-2-4-18-17(3-1)16(14-22-18)15-23-26-19-13-20(27-5-9-29-10-6-27)25-21(24-19)28-7-11-30-12-8-28/h1-4,13-15,22H,5-12H2,(H,24,25,26). The van der Waals surface area contributed by atoms with Crippen LogP contribution in [0, 0.1) is 0 Å². The van der Waals surface area contributed by atoms with Crippen LogP contribution in [0.5, 0.6) is 0 Å². The van der Waals surface area contributed by atoms with Gasteiger partial charge in [-0.2, -0.15) is 15.1 Å². The highest BCUT2D eigenvalue weighted by Crippen LogP contribution is 2.22. The van der Waals surface area contributed by atoms with Crippen LogP contribution in [0.4, 0.5) is 17.6 Å². The predicted octanol–water partition coefficient (Wildman–Crippen LogP) is 2.08. The Hall–Kier alpha value is -3.17. The van der Waals surface area contributed by atoms with Crippen molar-refractivity contribution >= 4 is 34.7 Å². The molecule has 3 aromatic rings. The zero-order valence-electron chi connectivity index (χ0n) is 16.8. The monoisotopic (exact) mass is 407 g/mol. The Labute approximate surface area is 174 Å². The minimum atomic E-state index is 0.670. The summed E-state index contributed by atoms with van der Waals surface area (Å²) in [5.74, 6) is 2.26. The fourth-order valence-electron chi connectivity index (χ4n) is 3.71. The number of benzene rings is 1. The summed E-state index contributed by atoms with van der Waals surface area (Å²) >= 11 is 0. The first-order valence-electron chi connectivity index (χ1n) is 10.3. The number of para-hydroxylation sites is 1. The van der Waals surface area contributed by atoms with E-state index in [0.29, 0.717) is 38.2 Å². The second-order valence-corrected chi connectivity index (χ2v) is 7.27. The van der Waals surface area contributed by atoms with Crippen molar-refractivity contribution in [3.8, 4) is 0 Å². The van der Waals surface area contributed by atoms with E-state index in [-0.39, 0.29) is 0 Å². The first kappa shape index (κ1) is 18.8. The molecule has 5 rings (SSSR count). The van der Waals surface area contributed by atoms with Gasteiger partial charge in [0, 0.05) is 54.9 Å². The fourth-order valence-corrected chi connectivity index (χ4v) is 3.71. The van der Waals surface area contributed by atoms with E-state index >= 15 is 0 Å². The van der Waals surface area contributed by atoms with Gasteiger partial charge in [0.05, 0.1) is 32.6 Å². The van der Waals surface area contributed by atoms with E-state index in [1.165, 1.54) is 0 Å². The Bertz CT molecular complexity index is 987. The molecule has 0 saturated carbocycles. The lowest BCUT2D eigenvalue weighted by molar-refractivity contribution is 0.121. The van der Waals surface area contributed by atoms with Crippen LogP contribution in [-0.4, -0.2) is 73.8 Å². The molecule has 0 spiro atoms. The Morgan fingerprint density at radius 3 is 2.50 bits per heavy atom. The van der Waals surface area contributed by atoms with E-state index in [4.69, 9.17) is 19.4 Å². The third-order valence-electron chi connectivity index (χ3n) is 5.33. The van der Waals surface area contributed by atoms with Crippen molar-refractivity contribution in [1.82, 2.24) is 15.0 Å². The predicted molar refractivity (Wildman–Crippen MR) is 118 cm³/mol. The third kappa shape index (κ3) is 4.07. The van der Waals surface area contributed by atoms with E-state index < -0.39 is 0 Å². The van der Waals surface area contributed by atoms with Gasteiger partial charge in [0.1, 0.15) is 5.82 Å². The number of aromatic amines is 1. The van der Waals surface area contributed by atoms with Crippen LogP contribution in [0.15, 0.2) is 41.6 Å². The topological polar surface area (TPSA) is 90.9 Å². The lowest BCUT2D eigenvalue weighted by atomic mass is 10.2.